The minimum atomic E-state index is -0.957. The van der Waals surface area contributed by atoms with Gasteiger partial charge in [0.1, 0.15) is 12.4 Å². The summed E-state index contributed by atoms with van der Waals surface area (Å²) in [5.41, 5.74) is 1.54. The van der Waals surface area contributed by atoms with Crippen LogP contribution in [0.2, 0.25) is 5.02 Å². The van der Waals surface area contributed by atoms with Gasteiger partial charge < -0.3 is 10.0 Å². The molecule has 2 aromatic carbocycles. The summed E-state index contributed by atoms with van der Waals surface area (Å²) in [6.45, 7) is 0.228. The summed E-state index contributed by atoms with van der Waals surface area (Å²) in [7, 11) is 0. The van der Waals surface area contributed by atoms with Gasteiger partial charge in [0.05, 0.1) is 5.02 Å². The molecule has 0 aliphatic heterocycles. The molecule has 1 N–H and O–H groups in total. The van der Waals surface area contributed by atoms with Gasteiger partial charge in [0.2, 0.25) is 0 Å². The number of anilines is 1. The van der Waals surface area contributed by atoms with Crippen molar-refractivity contribution in [2.75, 3.05) is 11.4 Å². The summed E-state index contributed by atoms with van der Waals surface area (Å²) >= 11 is 5.75. The Kier molecular flexibility index (Phi) is 4.58. The Balaban J connectivity index is 2.27. The van der Waals surface area contributed by atoms with Crippen LogP contribution in [0.5, 0.6) is 0 Å². The van der Waals surface area contributed by atoms with Gasteiger partial charge in [-0.1, -0.05) is 41.9 Å². The molecular formula is C15H13ClFNO2. The first-order chi connectivity index (χ1) is 9.56. The van der Waals surface area contributed by atoms with E-state index < -0.39 is 11.8 Å². The van der Waals surface area contributed by atoms with Gasteiger partial charge >= 0.3 is 5.97 Å². The molecule has 0 fully saturated rings. The van der Waals surface area contributed by atoms with Gasteiger partial charge in [-0.25, -0.2) is 4.39 Å². The van der Waals surface area contributed by atoms with Gasteiger partial charge in [-0.05, 0) is 23.8 Å². The molecule has 0 bridgehead atoms. The zero-order valence-electron chi connectivity index (χ0n) is 10.6. The van der Waals surface area contributed by atoms with Gasteiger partial charge in [-0.15, -0.1) is 0 Å². The zero-order valence-corrected chi connectivity index (χ0v) is 11.3. The van der Waals surface area contributed by atoms with Crippen molar-refractivity contribution < 1.29 is 14.3 Å². The molecule has 0 aliphatic carbocycles. The third kappa shape index (κ3) is 3.71. The molecule has 0 amide bonds. The summed E-state index contributed by atoms with van der Waals surface area (Å²) < 4.78 is 13.2. The minimum Gasteiger partial charge on any atom is -0.480 e. The average Bonchev–Trinajstić information content (AvgIpc) is 2.42. The number of carbonyl (C=O) groups is 1. The molecule has 3 nitrogen and oxygen atoms in total. The average molecular weight is 294 g/mol. The number of rotatable bonds is 5. The number of hydrogen-bond donors (Lipinski definition) is 1. The number of benzene rings is 2. The lowest BCUT2D eigenvalue weighted by molar-refractivity contribution is -0.135. The van der Waals surface area contributed by atoms with Gasteiger partial charge in [0.25, 0.3) is 0 Å². The highest BCUT2D eigenvalue weighted by molar-refractivity contribution is 6.31. The van der Waals surface area contributed by atoms with E-state index in [9.17, 15) is 9.18 Å². The first-order valence-electron chi connectivity index (χ1n) is 6.02. The Morgan fingerprint density at radius 1 is 1.20 bits per heavy atom. The second kappa shape index (κ2) is 6.39. The van der Waals surface area contributed by atoms with E-state index in [0.29, 0.717) is 12.2 Å². The number of hydrogen-bond acceptors (Lipinski definition) is 2. The lowest BCUT2D eigenvalue weighted by Crippen LogP contribution is -2.29. The number of carboxylic acid groups (broad SMARTS) is 1. The van der Waals surface area contributed by atoms with Crippen molar-refractivity contribution in [1.29, 1.82) is 0 Å². The normalized spacial score (nSPS) is 10.3. The van der Waals surface area contributed by atoms with E-state index in [1.54, 1.807) is 4.90 Å². The SMILES string of the molecule is O=C(O)CN(Cc1ccccc1)c1ccc(F)c(Cl)c1. The summed E-state index contributed by atoms with van der Waals surface area (Å²) in [6.07, 6.45) is 0. The fourth-order valence-electron chi connectivity index (χ4n) is 1.89. The van der Waals surface area contributed by atoms with Crippen LogP contribution < -0.4 is 4.90 Å². The van der Waals surface area contributed by atoms with Crippen LogP contribution in [0.4, 0.5) is 10.1 Å². The number of carboxylic acids is 1. The van der Waals surface area contributed by atoms with E-state index in [4.69, 9.17) is 16.7 Å². The van der Waals surface area contributed by atoms with Gasteiger partial charge in [-0.2, -0.15) is 0 Å². The number of halogens is 2. The second-order valence-electron chi connectivity index (χ2n) is 4.33. The van der Waals surface area contributed by atoms with Crippen LogP contribution in [-0.4, -0.2) is 17.6 Å². The summed E-state index contributed by atoms with van der Waals surface area (Å²) in [5, 5.41) is 8.98. The van der Waals surface area contributed by atoms with E-state index in [1.165, 1.54) is 18.2 Å². The van der Waals surface area contributed by atoms with E-state index in [-0.39, 0.29) is 11.6 Å². The van der Waals surface area contributed by atoms with Crippen molar-refractivity contribution in [2.45, 2.75) is 6.54 Å². The predicted molar refractivity (Wildman–Crippen MR) is 76.5 cm³/mol. The molecule has 104 valence electrons. The fourth-order valence-corrected chi connectivity index (χ4v) is 2.06. The van der Waals surface area contributed by atoms with Crippen LogP contribution in [0, 0.1) is 5.82 Å². The van der Waals surface area contributed by atoms with E-state index >= 15 is 0 Å². The lowest BCUT2D eigenvalue weighted by Gasteiger charge is -2.23. The molecule has 5 heteroatoms. The van der Waals surface area contributed by atoms with Crippen molar-refractivity contribution in [3.8, 4) is 0 Å². The third-order valence-corrected chi connectivity index (χ3v) is 3.10. The zero-order chi connectivity index (χ0) is 14.5. The molecule has 0 heterocycles. The monoisotopic (exact) mass is 293 g/mol. The Labute approximate surface area is 121 Å². The first kappa shape index (κ1) is 14.3. The molecule has 2 aromatic rings. The molecule has 0 aliphatic rings. The Morgan fingerprint density at radius 3 is 2.50 bits per heavy atom. The maximum Gasteiger partial charge on any atom is 0.323 e. The molecule has 0 spiro atoms. The number of aliphatic carboxylic acids is 1. The summed E-state index contributed by atoms with van der Waals surface area (Å²) in [4.78, 5) is 12.6. The quantitative estimate of drug-likeness (QED) is 0.916. The van der Waals surface area contributed by atoms with Crippen molar-refractivity contribution >= 4 is 23.3 Å². The van der Waals surface area contributed by atoms with Crippen LogP contribution >= 0.6 is 11.6 Å². The highest BCUT2D eigenvalue weighted by atomic mass is 35.5. The molecule has 0 aromatic heterocycles. The lowest BCUT2D eigenvalue weighted by atomic mass is 10.2. The van der Waals surface area contributed by atoms with Gasteiger partial charge in [0.15, 0.2) is 0 Å². The minimum absolute atomic E-state index is 0.0223. The van der Waals surface area contributed by atoms with Crippen molar-refractivity contribution in [1.82, 2.24) is 0 Å². The van der Waals surface area contributed by atoms with Crippen molar-refractivity contribution in [3.63, 3.8) is 0 Å². The highest BCUT2D eigenvalue weighted by Gasteiger charge is 2.13. The van der Waals surface area contributed by atoms with Gasteiger partial charge in [-0.3, -0.25) is 4.79 Å². The van der Waals surface area contributed by atoms with Crippen LogP contribution in [0.1, 0.15) is 5.56 Å². The largest absolute Gasteiger partial charge is 0.480 e. The standard InChI is InChI=1S/C15H13ClFNO2/c16-13-8-12(6-7-14(13)17)18(10-15(19)20)9-11-4-2-1-3-5-11/h1-8H,9-10H2,(H,19,20). The Bertz CT molecular complexity index is 604. The van der Waals surface area contributed by atoms with E-state index in [0.717, 1.165) is 5.56 Å². The van der Waals surface area contributed by atoms with E-state index in [1.807, 2.05) is 30.3 Å². The number of nitrogens with zero attached hydrogens (tertiary/aromatic N) is 1. The molecule has 0 atom stereocenters. The highest BCUT2D eigenvalue weighted by Crippen LogP contribution is 2.24. The van der Waals surface area contributed by atoms with Crippen LogP contribution in [0.15, 0.2) is 48.5 Å². The van der Waals surface area contributed by atoms with Crippen LogP contribution in [0.25, 0.3) is 0 Å². The molecule has 0 radical (unpaired) electrons. The predicted octanol–water partition coefficient (Wildman–Crippen LogP) is 3.57. The Morgan fingerprint density at radius 2 is 1.90 bits per heavy atom. The summed E-state index contributed by atoms with van der Waals surface area (Å²) in [6, 6.07) is 13.6. The van der Waals surface area contributed by atoms with Crippen molar-refractivity contribution in [2.24, 2.45) is 0 Å². The fraction of sp³-hybridized carbons (Fsp3) is 0.133. The smallest absolute Gasteiger partial charge is 0.323 e. The molecule has 0 saturated heterocycles. The topological polar surface area (TPSA) is 40.5 Å². The van der Waals surface area contributed by atoms with E-state index in [2.05, 4.69) is 0 Å². The molecule has 0 saturated carbocycles. The maximum atomic E-state index is 13.2. The summed E-state index contributed by atoms with van der Waals surface area (Å²) in [5.74, 6) is -1.48. The molecular weight excluding hydrogens is 281 g/mol. The second-order valence-corrected chi connectivity index (χ2v) is 4.74. The van der Waals surface area contributed by atoms with Crippen LogP contribution in [-0.2, 0) is 11.3 Å². The van der Waals surface area contributed by atoms with Gasteiger partial charge in [0, 0.05) is 12.2 Å². The van der Waals surface area contributed by atoms with Crippen LogP contribution in [0.3, 0.4) is 0 Å². The third-order valence-electron chi connectivity index (χ3n) is 2.81. The Hall–Kier alpha value is -2.07. The van der Waals surface area contributed by atoms with Crippen molar-refractivity contribution in [3.05, 3.63) is 64.9 Å². The first-order valence-corrected chi connectivity index (χ1v) is 6.40. The molecule has 20 heavy (non-hydrogen) atoms. The molecule has 0 unspecified atom stereocenters. The molecule has 2 rings (SSSR count). The maximum absolute atomic E-state index is 13.2.